The molecule has 1 atom stereocenters. The molecular formula is C26H34N2O4. The summed E-state index contributed by atoms with van der Waals surface area (Å²) in [6, 6.07) is 11.6. The van der Waals surface area contributed by atoms with Gasteiger partial charge >= 0.3 is 0 Å². The minimum Gasteiger partial charge on any atom is -0.507 e. The number of unbranched alkanes of at least 4 members (excludes halogenated alkanes) is 2. The van der Waals surface area contributed by atoms with E-state index < -0.39 is 17.7 Å². The van der Waals surface area contributed by atoms with Gasteiger partial charge in [0.2, 0.25) is 0 Å². The fraction of sp³-hybridized carbons (Fsp3) is 0.462. The first-order valence-electron chi connectivity index (χ1n) is 11.7. The fourth-order valence-corrected chi connectivity index (χ4v) is 4.17. The predicted octanol–water partition coefficient (Wildman–Crippen LogP) is 4.99. The van der Waals surface area contributed by atoms with E-state index in [4.69, 9.17) is 4.42 Å². The number of likely N-dealkylation sites (tertiary alicyclic amines) is 1. The average Bonchev–Trinajstić information content (AvgIpc) is 3.43. The third-order valence-electron chi connectivity index (χ3n) is 5.93. The Hall–Kier alpha value is -2.86. The summed E-state index contributed by atoms with van der Waals surface area (Å²) in [4.78, 5) is 29.9. The SMILES string of the molecule is CCCCN(CCCC)CCCN1C(=O)C(=O)/C(=C(\O)c2ccccc2)C1c1ccco1. The highest BCUT2D eigenvalue weighted by Gasteiger charge is 2.47. The molecule has 32 heavy (non-hydrogen) atoms. The van der Waals surface area contributed by atoms with Gasteiger partial charge < -0.3 is 19.3 Å². The molecule has 0 bridgehead atoms. The van der Waals surface area contributed by atoms with Gasteiger partial charge in [0.15, 0.2) is 0 Å². The molecule has 6 heteroatoms. The summed E-state index contributed by atoms with van der Waals surface area (Å²) in [5.74, 6) is -0.935. The lowest BCUT2D eigenvalue weighted by Crippen LogP contribution is -2.34. The lowest BCUT2D eigenvalue weighted by Gasteiger charge is -2.26. The molecule has 1 N–H and O–H groups in total. The van der Waals surface area contributed by atoms with Crippen molar-refractivity contribution >= 4 is 17.4 Å². The van der Waals surface area contributed by atoms with Gasteiger partial charge in [-0.1, -0.05) is 57.0 Å². The second kappa shape index (κ2) is 11.7. The highest BCUT2D eigenvalue weighted by molar-refractivity contribution is 6.46. The fourth-order valence-electron chi connectivity index (χ4n) is 4.17. The number of ketones is 1. The van der Waals surface area contributed by atoms with E-state index in [9.17, 15) is 14.7 Å². The Kier molecular flexibility index (Phi) is 8.68. The van der Waals surface area contributed by atoms with E-state index in [2.05, 4.69) is 18.7 Å². The molecular weight excluding hydrogens is 404 g/mol. The molecule has 0 saturated carbocycles. The number of hydrogen-bond acceptors (Lipinski definition) is 5. The molecule has 172 valence electrons. The molecule has 1 aliphatic rings. The predicted molar refractivity (Wildman–Crippen MR) is 125 cm³/mol. The number of aliphatic hydroxyl groups is 1. The number of rotatable bonds is 12. The second-order valence-electron chi connectivity index (χ2n) is 8.28. The average molecular weight is 439 g/mol. The molecule has 3 rings (SSSR count). The third-order valence-corrected chi connectivity index (χ3v) is 5.93. The van der Waals surface area contributed by atoms with Crippen molar-refractivity contribution in [3.8, 4) is 0 Å². The number of carbonyl (C=O) groups excluding carboxylic acids is 2. The smallest absolute Gasteiger partial charge is 0.295 e. The molecule has 2 aromatic rings. The minimum atomic E-state index is -0.718. The summed E-state index contributed by atoms with van der Waals surface area (Å²) in [5, 5.41) is 10.9. The number of aliphatic hydroxyl groups excluding tert-OH is 1. The zero-order valence-electron chi connectivity index (χ0n) is 19.1. The van der Waals surface area contributed by atoms with Crippen LogP contribution in [-0.4, -0.2) is 52.8 Å². The molecule has 1 unspecified atom stereocenters. The Bertz CT molecular complexity index is 897. The summed E-state index contributed by atoms with van der Waals surface area (Å²) in [6.45, 7) is 7.76. The van der Waals surface area contributed by atoms with Crippen LogP contribution in [0.25, 0.3) is 5.76 Å². The Labute approximate surface area is 190 Å². The summed E-state index contributed by atoms with van der Waals surface area (Å²) in [6.07, 6.45) is 6.87. The van der Waals surface area contributed by atoms with Crippen LogP contribution in [0, 0.1) is 0 Å². The van der Waals surface area contributed by atoms with Gasteiger partial charge in [-0.05, 0) is 51.0 Å². The molecule has 0 radical (unpaired) electrons. The van der Waals surface area contributed by atoms with Crippen LogP contribution in [0.3, 0.4) is 0 Å². The molecule has 1 fully saturated rings. The molecule has 1 aromatic carbocycles. The van der Waals surface area contributed by atoms with E-state index in [1.54, 1.807) is 41.3 Å². The minimum absolute atomic E-state index is 0.0879. The van der Waals surface area contributed by atoms with Crippen molar-refractivity contribution < 1.29 is 19.1 Å². The number of furan rings is 1. The number of carbonyl (C=O) groups is 2. The van der Waals surface area contributed by atoms with Gasteiger partial charge in [-0.25, -0.2) is 0 Å². The Morgan fingerprint density at radius 1 is 0.969 bits per heavy atom. The van der Waals surface area contributed by atoms with Crippen molar-refractivity contribution in [2.24, 2.45) is 0 Å². The standard InChI is InChI=1S/C26H34N2O4/c1-3-5-15-27(16-6-4-2)17-11-18-28-23(21-14-10-19-32-21)22(25(30)26(28)31)24(29)20-12-8-7-9-13-20/h7-10,12-14,19,23,29H,3-6,11,15-18H2,1-2H3/b24-22-. The highest BCUT2D eigenvalue weighted by atomic mass is 16.3. The third kappa shape index (κ3) is 5.49. The van der Waals surface area contributed by atoms with E-state index in [1.165, 1.54) is 6.26 Å². The molecule has 1 amide bonds. The van der Waals surface area contributed by atoms with Gasteiger partial charge in [0.05, 0.1) is 11.8 Å². The van der Waals surface area contributed by atoms with Crippen molar-refractivity contribution in [2.75, 3.05) is 26.2 Å². The molecule has 0 spiro atoms. The lowest BCUT2D eigenvalue weighted by atomic mass is 9.99. The number of benzene rings is 1. The topological polar surface area (TPSA) is 74.0 Å². The molecule has 0 aliphatic carbocycles. The number of nitrogens with zero attached hydrogens (tertiary/aromatic N) is 2. The van der Waals surface area contributed by atoms with Gasteiger partial charge in [0, 0.05) is 12.1 Å². The summed E-state index contributed by atoms with van der Waals surface area (Å²) >= 11 is 0. The summed E-state index contributed by atoms with van der Waals surface area (Å²) < 4.78 is 5.59. The van der Waals surface area contributed by atoms with E-state index in [1.807, 2.05) is 6.07 Å². The van der Waals surface area contributed by atoms with Crippen LogP contribution in [0.4, 0.5) is 0 Å². The number of amides is 1. The van der Waals surface area contributed by atoms with Crippen LogP contribution in [0.1, 0.15) is 63.3 Å². The summed E-state index contributed by atoms with van der Waals surface area (Å²) in [5.41, 5.74) is 0.595. The van der Waals surface area contributed by atoms with Crippen LogP contribution in [-0.2, 0) is 9.59 Å². The van der Waals surface area contributed by atoms with E-state index in [-0.39, 0.29) is 11.3 Å². The maximum Gasteiger partial charge on any atom is 0.295 e. The normalized spacial score (nSPS) is 18.1. The zero-order chi connectivity index (χ0) is 22.9. The van der Waals surface area contributed by atoms with Crippen LogP contribution < -0.4 is 0 Å². The van der Waals surface area contributed by atoms with Crippen molar-refractivity contribution in [3.05, 3.63) is 65.6 Å². The van der Waals surface area contributed by atoms with Gasteiger partial charge in [-0.3, -0.25) is 9.59 Å². The molecule has 1 aromatic heterocycles. The van der Waals surface area contributed by atoms with Gasteiger partial charge in [0.1, 0.15) is 17.6 Å². The highest BCUT2D eigenvalue weighted by Crippen LogP contribution is 2.39. The first kappa shape index (κ1) is 23.8. The maximum atomic E-state index is 13.0. The Morgan fingerprint density at radius 2 is 1.62 bits per heavy atom. The summed E-state index contributed by atoms with van der Waals surface area (Å²) in [7, 11) is 0. The number of Topliss-reactive ketones (excluding diaryl/α,β-unsaturated/α-hetero) is 1. The largest absolute Gasteiger partial charge is 0.507 e. The van der Waals surface area contributed by atoms with Crippen molar-refractivity contribution in [1.82, 2.24) is 9.80 Å². The monoisotopic (exact) mass is 438 g/mol. The zero-order valence-corrected chi connectivity index (χ0v) is 19.1. The van der Waals surface area contributed by atoms with Crippen molar-refractivity contribution in [3.63, 3.8) is 0 Å². The van der Waals surface area contributed by atoms with Crippen LogP contribution in [0.2, 0.25) is 0 Å². The van der Waals surface area contributed by atoms with E-state index >= 15 is 0 Å². The van der Waals surface area contributed by atoms with E-state index in [0.717, 1.165) is 51.7 Å². The maximum absolute atomic E-state index is 13.0. The van der Waals surface area contributed by atoms with Gasteiger partial charge in [-0.15, -0.1) is 0 Å². The quantitative estimate of drug-likeness (QED) is 0.287. The van der Waals surface area contributed by atoms with Crippen LogP contribution in [0.15, 0.2) is 58.7 Å². The Balaban J connectivity index is 1.82. The molecule has 1 saturated heterocycles. The van der Waals surface area contributed by atoms with Gasteiger partial charge in [0.25, 0.3) is 11.7 Å². The molecule has 6 nitrogen and oxygen atoms in total. The Morgan fingerprint density at radius 3 is 2.22 bits per heavy atom. The molecule has 2 heterocycles. The number of hydrogen-bond donors (Lipinski definition) is 1. The van der Waals surface area contributed by atoms with Crippen LogP contribution >= 0.6 is 0 Å². The molecule has 1 aliphatic heterocycles. The lowest BCUT2D eigenvalue weighted by molar-refractivity contribution is -0.140. The van der Waals surface area contributed by atoms with Gasteiger partial charge in [-0.2, -0.15) is 0 Å². The van der Waals surface area contributed by atoms with Crippen molar-refractivity contribution in [1.29, 1.82) is 0 Å². The van der Waals surface area contributed by atoms with E-state index in [0.29, 0.717) is 17.9 Å². The van der Waals surface area contributed by atoms with Crippen LogP contribution in [0.5, 0.6) is 0 Å². The first-order chi connectivity index (χ1) is 15.6. The second-order valence-corrected chi connectivity index (χ2v) is 8.28. The van der Waals surface area contributed by atoms with Crippen molar-refractivity contribution in [2.45, 2.75) is 52.0 Å². The first-order valence-corrected chi connectivity index (χ1v) is 11.7.